The second kappa shape index (κ2) is 6.09. The summed E-state index contributed by atoms with van der Waals surface area (Å²) in [5.74, 6) is 0. The van der Waals surface area contributed by atoms with Gasteiger partial charge in [0.2, 0.25) is 0 Å². The van der Waals surface area contributed by atoms with Gasteiger partial charge in [0, 0.05) is 28.9 Å². The molecule has 0 bridgehead atoms. The van der Waals surface area contributed by atoms with Gasteiger partial charge in [-0.3, -0.25) is 0 Å². The van der Waals surface area contributed by atoms with Gasteiger partial charge in [-0.15, -0.1) is 0 Å². The summed E-state index contributed by atoms with van der Waals surface area (Å²) < 4.78 is 0. The maximum Gasteiger partial charge on any atom is 0.0702 e. The van der Waals surface area contributed by atoms with Gasteiger partial charge < -0.3 is 15.1 Å². The predicted molar refractivity (Wildman–Crippen MR) is 66.9 cm³/mol. The van der Waals surface area contributed by atoms with E-state index in [4.69, 9.17) is 16.7 Å². The molecular formula is C12H18ClNO2. The zero-order chi connectivity index (χ0) is 12.1. The summed E-state index contributed by atoms with van der Waals surface area (Å²) in [6.07, 6.45) is 0. The minimum atomic E-state index is -0.0510. The molecule has 0 unspecified atom stereocenters. The molecule has 2 N–H and O–H groups in total. The van der Waals surface area contributed by atoms with E-state index in [1.54, 1.807) is 12.1 Å². The lowest BCUT2D eigenvalue weighted by atomic mass is 10.1. The minimum Gasteiger partial charge on any atom is -0.395 e. The van der Waals surface area contributed by atoms with Crippen molar-refractivity contribution in [2.24, 2.45) is 0 Å². The van der Waals surface area contributed by atoms with E-state index in [0.717, 1.165) is 11.3 Å². The van der Waals surface area contributed by atoms with Crippen molar-refractivity contribution in [3.63, 3.8) is 0 Å². The molecule has 4 heteroatoms. The maximum atomic E-state index is 9.29. The van der Waals surface area contributed by atoms with Crippen molar-refractivity contribution in [2.45, 2.75) is 26.5 Å². The Labute approximate surface area is 101 Å². The predicted octanol–water partition coefficient (Wildman–Crippen LogP) is 2.04. The van der Waals surface area contributed by atoms with E-state index in [1.807, 2.05) is 24.8 Å². The fourth-order valence-corrected chi connectivity index (χ4v) is 1.92. The topological polar surface area (TPSA) is 43.7 Å². The van der Waals surface area contributed by atoms with E-state index in [1.165, 1.54) is 0 Å². The monoisotopic (exact) mass is 243 g/mol. The molecule has 0 radical (unpaired) electrons. The van der Waals surface area contributed by atoms with Crippen LogP contribution in [0.25, 0.3) is 0 Å². The molecule has 0 saturated heterocycles. The molecule has 0 amide bonds. The summed E-state index contributed by atoms with van der Waals surface area (Å²) in [5, 5.41) is 18.9. The lowest BCUT2D eigenvalue weighted by molar-refractivity contribution is 0.280. The smallest absolute Gasteiger partial charge is 0.0702 e. The number of hydrogen-bond acceptors (Lipinski definition) is 3. The van der Waals surface area contributed by atoms with Gasteiger partial charge in [0.15, 0.2) is 0 Å². The highest BCUT2D eigenvalue weighted by molar-refractivity contribution is 6.30. The molecular weight excluding hydrogens is 226 g/mol. The Bertz CT molecular complexity index is 342. The van der Waals surface area contributed by atoms with Crippen LogP contribution in [0.3, 0.4) is 0 Å². The normalized spacial score (nSPS) is 10.9. The molecule has 1 aromatic rings. The highest BCUT2D eigenvalue weighted by Gasteiger charge is 2.13. The first-order chi connectivity index (χ1) is 7.60. The molecule has 90 valence electrons. The second-order valence-corrected chi connectivity index (χ2v) is 4.38. The fourth-order valence-electron chi connectivity index (χ4n) is 1.73. The van der Waals surface area contributed by atoms with Crippen LogP contribution in [-0.2, 0) is 6.61 Å². The van der Waals surface area contributed by atoms with E-state index >= 15 is 0 Å². The third-order valence-corrected chi connectivity index (χ3v) is 2.72. The van der Waals surface area contributed by atoms with Gasteiger partial charge >= 0.3 is 0 Å². The molecule has 1 aromatic carbocycles. The zero-order valence-corrected chi connectivity index (χ0v) is 10.4. The molecule has 0 aliphatic heterocycles. The van der Waals surface area contributed by atoms with Gasteiger partial charge in [-0.1, -0.05) is 11.6 Å². The average molecular weight is 244 g/mol. The highest BCUT2D eigenvalue weighted by atomic mass is 35.5. The molecule has 0 aromatic heterocycles. The summed E-state index contributed by atoms with van der Waals surface area (Å²) in [4.78, 5) is 2.04. The number of hydrogen-bond donors (Lipinski definition) is 2. The quantitative estimate of drug-likeness (QED) is 0.832. The van der Waals surface area contributed by atoms with Crippen molar-refractivity contribution in [3.05, 3.63) is 28.8 Å². The summed E-state index contributed by atoms with van der Waals surface area (Å²) >= 11 is 5.88. The number of aliphatic hydroxyl groups is 2. The number of halogens is 1. The van der Waals surface area contributed by atoms with Gasteiger partial charge in [-0.2, -0.15) is 0 Å². The van der Waals surface area contributed by atoms with E-state index in [2.05, 4.69) is 0 Å². The van der Waals surface area contributed by atoms with Gasteiger partial charge in [0.1, 0.15) is 0 Å². The lowest BCUT2D eigenvalue weighted by Gasteiger charge is -2.30. The van der Waals surface area contributed by atoms with Crippen molar-refractivity contribution < 1.29 is 10.2 Å². The number of rotatable bonds is 5. The van der Waals surface area contributed by atoms with Gasteiger partial charge in [-0.05, 0) is 32.0 Å². The molecule has 0 aliphatic rings. The summed E-state index contributed by atoms with van der Waals surface area (Å²) in [5.41, 5.74) is 1.71. The molecule has 0 spiro atoms. The van der Waals surface area contributed by atoms with Gasteiger partial charge in [0.05, 0.1) is 13.2 Å². The number of nitrogens with zero attached hydrogens (tertiary/aromatic N) is 1. The van der Waals surface area contributed by atoms with E-state index in [-0.39, 0.29) is 19.3 Å². The van der Waals surface area contributed by atoms with Crippen LogP contribution in [0.1, 0.15) is 19.4 Å². The molecule has 0 heterocycles. The van der Waals surface area contributed by atoms with Crippen LogP contribution in [0, 0.1) is 0 Å². The zero-order valence-electron chi connectivity index (χ0n) is 9.65. The van der Waals surface area contributed by atoms with Gasteiger partial charge in [-0.25, -0.2) is 0 Å². The Kier molecular flexibility index (Phi) is 5.06. The van der Waals surface area contributed by atoms with Crippen molar-refractivity contribution >= 4 is 17.3 Å². The Morgan fingerprint density at radius 1 is 1.31 bits per heavy atom. The van der Waals surface area contributed by atoms with E-state index < -0.39 is 0 Å². The van der Waals surface area contributed by atoms with Crippen molar-refractivity contribution in [1.29, 1.82) is 0 Å². The third-order valence-electron chi connectivity index (χ3n) is 2.49. The van der Waals surface area contributed by atoms with Crippen LogP contribution in [-0.4, -0.2) is 29.4 Å². The summed E-state index contributed by atoms with van der Waals surface area (Å²) in [6.45, 7) is 4.68. The molecule has 0 aliphatic carbocycles. The van der Waals surface area contributed by atoms with Crippen LogP contribution >= 0.6 is 11.6 Å². The third kappa shape index (κ3) is 3.11. The first kappa shape index (κ1) is 13.3. The largest absolute Gasteiger partial charge is 0.395 e. The van der Waals surface area contributed by atoms with Crippen LogP contribution < -0.4 is 4.90 Å². The van der Waals surface area contributed by atoms with Crippen LogP contribution in [0.4, 0.5) is 5.69 Å². The van der Waals surface area contributed by atoms with Crippen molar-refractivity contribution in [3.8, 4) is 0 Å². The molecule has 0 atom stereocenters. The van der Waals surface area contributed by atoms with E-state index in [9.17, 15) is 5.11 Å². The van der Waals surface area contributed by atoms with E-state index in [0.29, 0.717) is 11.6 Å². The van der Waals surface area contributed by atoms with Crippen molar-refractivity contribution in [1.82, 2.24) is 0 Å². The van der Waals surface area contributed by atoms with Crippen molar-refractivity contribution in [2.75, 3.05) is 18.1 Å². The SMILES string of the molecule is CC(C)N(CCO)c1ccc(Cl)cc1CO. The maximum absolute atomic E-state index is 9.29. The molecule has 0 fully saturated rings. The van der Waals surface area contributed by atoms with Gasteiger partial charge in [0.25, 0.3) is 0 Å². The standard InChI is InChI=1S/C12H18ClNO2/c1-9(2)14(5-6-15)12-4-3-11(13)7-10(12)8-16/h3-4,7,9,15-16H,5-6,8H2,1-2H3. The van der Waals surface area contributed by atoms with Crippen LogP contribution in [0.5, 0.6) is 0 Å². The van der Waals surface area contributed by atoms with Crippen LogP contribution in [0.15, 0.2) is 18.2 Å². The molecule has 16 heavy (non-hydrogen) atoms. The molecule has 0 saturated carbocycles. The first-order valence-electron chi connectivity index (χ1n) is 5.37. The second-order valence-electron chi connectivity index (χ2n) is 3.94. The molecule has 1 rings (SSSR count). The highest BCUT2D eigenvalue weighted by Crippen LogP contribution is 2.25. The first-order valence-corrected chi connectivity index (χ1v) is 5.74. The fraction of sp³-hybridized carbons (Fsp3) is 0.500. The Morgan fingerprint density at radius 2 is 2.00 bits per heavy atom. The molecule has 3 nitrogen and oxygen atoms in total. The number of aliphatic hydroxyl groups excluding tert-OH is 2. The Hall–Kier alpha value is -0.770. The number of benzene rings is 1. The number of anilines is 1. The summed E-state index contributed by atoms with van der Waals surface area (Å²) in [7, 11) is 0. The summed E-state index contributed by atoms with van der Waals surface area (Å²) in [6, 6.07) is 5.69. The average Bonchev–Trinajstić information content (AvgIpc) is 2.26. The van der Waals surface area contributed by atoms with Crippen LogP contribution in [0.2, 0.25) is 5.02 Å². The lowest BCUT2D eigenvalue weighted by Crippen LogP contribution is -2.34. The minimum absolute atomic E-state index is 0.0510. The Balaban J connectivity index is 3.07. The Morgan fingerprint density at radius 3 is 2.50 bits per heavy atom.